The van der Waals surface area contributed by atoms with Crippen LogP contribution in [0.2, 0.25) is 0 Å². The molecule has 1 aromatic rings. The first-order valence-electron chi connectivity index (χ1n) is 16.6. The van der Waals surface area contributed by atoms with E-state index in [1.54, 1.807) is 13.8 Å². The lowest BCUT2D eigenvalue weighted by Crippen LogP contribution is -2.57. The predicted molar refractivity (Wildman–Crippen MR) is 194 cm³/mol. The normalized spacial score (nSPS) is 13.4. The smallest absolute Gasteiger partial charge is 0.322 e. The number of hydrogen-bond acceptors (Lipinski definition) is 13. The molecule has 5 atom stereocenters. The number of hydrogen-bond donors (Lipinski definition) is 13. The Labute approximate surface area is 320 Å². The molecule has 14 N–H and O–H groups in total. The van der Waals surface area contributed by atoms with E-state index in [0.717, 1.165) is 0 Å². The Bertz CT molecular complexity index is 1580. The molecule has 0 heterocycles. The number of carbonyl (C=O) groups excluding carboxylic acids is 8. The summed E-state index contributed by atoms with van der Waals surface area (Å²) >= 11 is 4.01. The van der Waals surface area contributed by atoms with Gasteiger partial charge in [-0.1, -0.05) is 26.0 Å². The van der Waals surface area contributed by atoms with Crippen molar-refractivity contribution in [1.29, 1.82) is 0 Å². The molecule has 0 aliphatic heterocycles. The number of nitrogens with two attached hydrogens (primary N) is 2. The number of thiol groups is 1. The molecular formula is C32H47N9O13S. The van der Waals surface area contributed by atoms with Gasteiger partial charge in [0.25, 0.3) is 0 Å². The van der Waals surface area contributed by atoms with Crippen molar-refractivity contribution in [2.24, 2.45) is 17.4 Å². The molecule has 1 rings (SSSR count). The van der Waals surface area contributed by atoms with Gasteiger partial charge in [0.05, 0.1) is 25.6 Å². The highest BCUT2D eigenvalue weighted by molar-refractivity contribution is 7.80. The minimum Gasteiger partial charge on any atom is -0.508 e. The monoisotopic (exact) mass is 797 g/mol. The molecule has 23 heteroatoms. The molecule has 0 fully saturated rings. The van der Waals surface area contributed by atoms with Crippen LogP contribution in [0, 0.1) is 5.92 Å². The number of carbonyl (C=O) groups is 10. The maximum atomic E-state index is 13.4. The largest absolute Gasteiger partial charge is 0.508 e. The zero-order valence-electron chi connectivity index (χ0n) is 30.0. The van der Waals surface area contributed by atoms with Crippen LogP contribution in [-0.2, 0) is 54.4 Å². The highest BCUT2D eigenvalue weighted by atomic mass is 32.1. The molecular weight excluding hydrogens is 750 g/mol. The number of phenolic OH excluding ortho intramolecular Hbond substituents is 1. The summed E-state index contributed by atoms with van der Waals surface area (Å²) in [5, 5.41) is 43.6. The summed E-state index contributed by atoms with van der Waals surface area (Å²) in [7, 11) is 0. The van der Waals surface area contributed by atoms with Crippen molar-refractivity contribution in [3.8, 4) is 5.75 Å². The second-order valence-corrected chi connectivity index (χ2v) is 12.7. The number of phenols is 1. The lowest BCUT2D eigenvalue weighted by molar-refractivity contribution is -0.141. The number of benzene rings is 1. The summed E-state index contributed by atoms with van der Waals surface area (Å²) in [6, 6.07) is -1.43. The molecule has 0 radical (unpaired) electrons. The number of rotatable bonds is 24. The molecule has 0 aliphatic rings. The summed E-state index contributed by atoms with van der Waals surface area (Å²) in [6.07, 6.45) is -1.55. The van der Waals surface area contributed by atoms with E-state index in [9.17, 15) is 58.2 Å². The fraction of sp³-hybridized carbons (Fsp3) is 0.500. The van der Waals surface area contributed by atoms with Crippen LogP contribution in [0.1, 0.15) is 38.7 Å². The molecule has 0 spiro atoms. The fourth-order valence-corrected chi connectivity index (χ4v) is 4.75. The van der Waals surface area contributed by atoms with Crippen LogP contribution in [0.25, 0.3) is 0 Å². The molecule has 0 aromatic heterocycles. The first kappa shape index (κ1) is 47.1. The zero-order chi connectivity index (χ0) is 41.8. The van der Waals surface area contributed by atoms with Gasteiger partial charge in [-0.25, -0.2) is 0 Å². The van der Waals surface area contributed by atoms with E-state index in [2.05, 4.69) is 49.8 Å². The number of aliphatic carboxylic acids is 2. The number of carboxylic acids is 2. The van der Waals surface area contributed by atoms with Crippen molar-refractivity contribution in [3.05, 3.63) is 29.8 Å². The molecule has 0 aliphatic carbocycles. The predicted octanol–water partition coefficient (Wildman–Crippen LogP) is -5.04. The van der Waals surface area contributed by atoms with E-state index < -0.39 is 121 Å². The Morgan fingerprint density at radius 3 is 1.71 bits per heavy atom. The maximum Gasteiger partial charge on any atom is 0.322 e. The van der Waals surface area contributed by atoms with Crippen LogP contribution in [0.3, 0.4) is 0 Å². The fourth-order valence-electron chi connectivity index (χ4n) is 4.49. The number of nitrogens with one attached hydrogen (secondary N) is 7. The Morgan fingerprint density at radius 2 is 1.20 bits per heavy atom. The van der Waals surface area contributed by atoms with Crippen LogP contribution in [0.4, 0.5) is 0 Å². The van der Waals surface area contributed by atoms with Crippen molar-refractivity contribution in [2.45, 2.75) is 69.7 Å². The van der Waals surface area contributed by atoms with E-state index >= 15 is 0 Å². The maximum absolute atomic E-state index is 13.4. The van der Waals surface area contributed by atoms with Crippen LogP contribution >= 0.6 is 12.6 Å². The number of aromatic hydroxyl groups is 1. The number of primary amides is 1. The van der Waals surface area contributed by atoms with Gasteiger partial charge in [0.15, 0.2) is 0 Å². The van der Waals surface area contributed by atoms with Gasteiger partial charge < -0.3 is 64.0 Å². The molecule has 0 saturated heterocycles. The quantitative estimate of drug-likeness (QED) is 0.0436. The van der Waals surface area contributed by atoms with Crippen LogP contribution in [0.5, 0.6) is 5.75 Å². The first-order chi connectivity index (χ1) is 25.7. The van der Waals surface area contributed by atoms with E-state index in [1.165, 1.54) is 24.3 Å². The van der Waals surface area contributed by atoms with Crippen LogP contribution in [-0.4, -0.2) is 130 Å². The summed E-state index contributed by atoms with van der Waals surface area (Å²) in [5.41, 5.74) is 11.4. The average molecular weight is 798 g/mol. The molecule has 22 nitrogen and oxygen atoms in total. The van der Waals surface area contributed by atoms with Crippen molar-refractivity contribution in [3.63, 3.8) is 0 Å². The lowest BCUT2D eigenvalue weighted by Gasteiger charge is -2.24. The zero-order valence-corrected chi connectivity index (χ0v) is 30.9. The minimum absolute atomic E-state index is 0.0898. The Balaban J connectivity index is 2.90. The summed E-state index contributed by atoms with van der Waals surface area (Å²) in [4.78, 5) is 122. The molecule has 0 bridgehead atoms. The third-order valence-corrected chi connectivity index (χ3v) is 7.78. The highest BCUT2D eigenvalue weighted by Gasteiger charge is 2.31. The third kappa shape index (κ3) is 18.6. The van der Waals surface area contributed by atoms with Crippen LogP contribution < -0.4 is 48.7 Å². The number of carboxylic acid groups (broad SMARTS) is 2. The van der Waals surface area contributed by atoms with Gasteiger partial charge in [-0.2, -0.15) is 12.6 Å². The molecule has 8 amide bonds. The average Bonchev–Trinajstić information content (AvgIpc) is 3.11. The van der Waals surface area contributed by atoms with Gasteiger partial charge in [0.2, 0.25) is 47.3 Å². The summed E-state index contributed by atoms with van der Waals surface area (Å²) in [5.74, 6) is -10.8. The van der Waals surface area contributed by atoms with E-state index in [0.29, 0.717) is 5.56 Å². The number of amides is 8. The van der Waals surface area contributed by atoms with Gasteiger partial charge in [0, 0.05) is 18.6 Å². The Morgan fingerprint density at radius 1 is 0.673 bits per heavy atom. The van der Waals surface area contributed by atoms with Crippen molar-refractivity contribution >= 4 is 71.8 Å². The summed E-state index contributed by atoms with van der Waals surface area (Å²) < 4.78 is 0. The Hall–Kier alpha value is -5.97. The van der Waals surface area contributed by atoms with Gasteiger partial charge in [-0.15, -0.1) is 0 Å². The Kier molecular flexibility index (Phi) is 20.2. The van der Waals surface area contributed by atoms with Gasteiger partial charge in [0.1, 0.15) is 36.5 Å². The lowest BCUT2D eigenvalue weighted by atomic mass is 10.0. The standard InChI is InChI=1S/C32H47N9O13S/c1-15(2)27(32(54)37-13-26(48)49)41-24(45)12-36-30(52)21(14-55)38-23(44)11-35-29(51)20(10-25(46)47)40-31(53)19(9-16-3-5-17(42)6-4-16)39-28(50)18(33)7-8-22(34)43/h3-6,15,18-21,27,42,55H,7-14,33H2,1-2H3,(H2,34,43)(H,35,51)(H,36,52)(H,37,54)(H,38,44)(H,39,50)(H,40,53)(H,41,45)(H,46,47)(H,48,49). The first-order valence-corrected chi connectivity index (χ1v) is 17.3. The SMILES string of the molecule is CC(C)C(NC(=O)CNC(=O)C(CS)NC(=O)CNC(=O)C(CC(=O)O)NC(=O)C(Cc1ccc(O)cc1)NC(=O)C(N)CCC(N)=O)C(=O)NCC(=O)O. The van der Waals surface area contributed by atoms with E-state index in [-0.39, 0.29) is 30.8 Å². The molecule has 1 aromatic carbocycles. The minimum atomic E-state index is -1.77. The van der Waals surface area contributed by atoms with Crippen molar-refractivity contribution in [2.75, 3.05) is 25.4 Å². The topological polar surface area (TPSA) is 368 Å². The van der Waals surface area contributed by atoms with Crippen LogP contribution in [0.15, 0.2) is 24.3 Å². The van der Waals surface area contributed by atoms with Crippen molar-refractivity contribution in [1.82, 2.24) is 37.2 Å². The highest BCUT2D eigenvalue weighted by Crippen LogP contribution is 2.12. The van der Waals surface area contributed by atoms with Gasteiger partial charge in [-0.05, 0) is 30.0 Å². The van der Waals surface area contributed by atoms with Crippen molar-refractivity contribution < 1.29 is 63.3 Å². The second-order valence-electron chi connectivity index (χ2n) is 12.3. The van der Waals surface area contributed by atoms with Gasteiger partial charge in [-0.3, -0.25) is 47.9 Å². The van der Waals surface area contributed by atoms with E-state index in [4.69, 9.17) is 16.6 Å². The molecule has 55 heavy (non-hydrogen) atoms. The van der Waals surface area contributed by atoms with E-state index in [1.807, 2.05) is 0 Å². The third-order valence-electron chi connectivity index (χ3n) is 7.42. The molecule has 304 valence electrons. The summed E-state index contributed by atoms with van der Waals surface area (Å²) in [6.45, 7) is 1.06. The van der Waals surface area contributed by atoms with Gasteiger partial charge >= 0.3 is 11.9 Å². The second kappa shape index (κ2) is 23.6. The molecule has 0 saturated carbocycles. The molecule has 5 unspecified atom stereocenters.